The predicted molar refractivity (Wildman–Crippen MR) is 70.7 cm³/mol. The number of hydrogen-bond donors (Lipinski definition) is 1. The van der Waals surface area contributed by atoms with Crippen molar-refractivity contribution >= 4 is 11.9 Å². The third-order valence-electron chi connectivity index (χ3n) is 2.12. The number of esters is 1. The van der Waals surface area contributed by atoms with Crippen LogP contribution in [-0.4, -0.2) is 51.5 Å². The topological polar surface area (TPSA) is 73.9 Å². The molecule has 0 aliphatic heterocycles. The van der Waals surface area contributed by atoms with Crippen molar-refractivity contribution in [3.8, 4) is 0 Å². The summed E-state index contributed by atoms with van der Waals surface area (Å²) >= 11 is 0. The minimum atomic E-state index is -0.418. The van der Waals surface area contributed by atoms with Gasteiger partial charge in [0.1, 0.15) is 6.10 Å². The average molecular weight is 273 g/mol. The number of hydrogen-bond acceptors (Lipinski definition) is 5. The van der Waals surface area contributed by atoms with Crippen molar-refractivity contribution in [1.29, 1.82) is 0 Å². The van der Waals surface area contributed by atoms with Crippen LogP contribution in [0.2, 0.25) is 0 Å². The van der Waals surface area contributed by atoms with Gasteiger partial charge in [0.25, 0.3) is 0 Å². The quantitative estimate of drug-likeness (QED) is 0.340. The Labute approximate surface area is 114 Å². The number of carbonyl (C=O) groups is 2. The Morgan fingerprint density at radius 2 is 2.11 bits per heavy atom. The number of nitrogens with one attached hydrogen (secondary N) is 1. The predicted octanol–water partition coefficient (Wildman–Crippen LogP) is 0.663. The first-order valence-corrected chi connectivity index (χ1v) is 6.21. The number of amides is 1. The first-order valence-electron chi connectivity index (χ1n) is 6.21. The highest BCUT2D eigenvalue weighted by atomic mass is 16.6. The molecule has 6 nitrogen and oxygen atoms in total. The second-order valence-electron chi connectivity index (χ2n) is 3.98. The van der Waals surface area contributed by atoms with Crippen LogP contribution in [0.25, 0.3) is 0 Å². The van der Waals surface area contributed by atoms with Crippen LogP contribution >= 0.6 is 0 Å². The van der Waals surface area contributed by atoms with Gasteiger partial charge in [-0.05, 0) is 6.42 Å². The molecule has 1 atom stereocenters. The fourth-order valence-electron chi connectivity index (χ4n) is 1.33. The van der Waals surface area contributed by atoms with Gasteiger partial charge in [-0.3, -0.25) is 9.59 Å². The van der Waals surface area contributed by atoms with E-state index in [2.05, 4.69) is 11.9 Å². The SMILES string of the molecule is C=CCOCC(COC)OC(=O)CCCNC(C)=O. The summed E-state index contributed by atoms with van der Waals surface area (Å²) in [5, 5.41) is 2.61. The van der Waals surface area contributed by atoms with Crippen molar-refractivity contribution < 1.29 is 23.8 Å². The van der Waals surface area contributed by atoms with Crippen molar-refractivity contribution in [2.75, 3.05) is 33.5 Å². The van der Waals surface area contributed by atoms with Gasteiger partial charge in [0, 0.05) is 27.0 Å². The number of carbonyl (C=O) groups excluding carboxylic acids is 2. The lowest BCUT2D eigenvalue weighted by Gasteiger charge is -2.16. The molecule has 1 amide bonds. The van der Waals surface area contributed by atoms with E-state index < -0.39 is 6.10 Å². The van der Waals surface area contributed by atoms with E-state index in [4.69, 9.17) is 14.2 Å². The second kappa shape index (κ2) is 11.7. The molecule has 0 aliphatic carbocycles. The van der Waals surface area contributed by atoms with Gasteiger partial charge in [0.2, 0.25) is 5.91 Å². The lowest BCUT2D eigenvalue weighted by molar-refractivity contribution is -0.155. The first kappa shape index (κ1) is 17.6. The summed E-state index contributed by atoms with van der Waals surface area (Å²) in [6.07, 6.45) is 2.00. The normalized spacial score (nSPS) is 11.7. The molecule has 0 aromatic heterocycles. The molecule has 0 bridgehead atoms. The van der Waals surface area contributed by atoms with Crippen LogP contribution in [0, 0.1) is 0 Å². The van der Waals surface area contributed by atoms with Crippen LogP contribution in [0.5, 0.6) is 0 Å². The Bertz CT molecular complexity index is 280. The molecule has 1 unspecified atom stereocenters. The number of rotatable bonds is 11. The van der Waals surface area contributed by atoms with E-state index in [1.54, 1.807) is 6.08 Å². The zero-order chi connectivity index (χ0) is 14.5. The van der Waals surface area contributed by atoms with Gasteiger partial charge in [-0.15, -0.1) is 6.58 Å². The molecular formula is C13H23NO5. The van der Waals surface area contributed by atoms with Gasteiger partial charge < -0.3 is 19.5 Å². The Hall–Kier alpha value is -1.40. The molecule has 6 heteroatoms. The number of ether oxygens (including phenoxy) is 3. The molecule has 0 saturated carbocycles. The Morgan fingerprint density at radius 1 is 1.37 bits per heavy atom. The average Bonchev–Trinajstić information content (AvgIpc) is 2.35. The van der Waals surface area contributed by atoms with Gasteiger partial charge in [0.15, 0.2) is 0 Å². The summed E-state index contributed by atoms with van der Waals surface area (Å²) in [5.41, 5.74) is 0. The number of methoxy groups -OCH3 is 1. The van der Waals surface area contributed by atoms with E-state index in [1.165, 1.54) is 14.0 Å². The fourth-order valence-corrected chi connectivity index (χ4v) is 1.33. The Kier molecular flexibility index (Phi) is 10.8. The molecule has 0 rings (SSSR count). The van der Waals surface area contributed by atoms with Crippen molar-refractivity contribution in [3.63, 3.8) is 0 Å². The molecule has 0 aliphatic rings. The highest BCUT2D eigenvalue weighted by molar-refractivity contribution is 5.73. The van der Waals surface area contributed by atoms with Crippen LogP contribution in [0.15, 0.2) is 12.7 Å². The zero-order valence-electron chi connectivity index (χ0n) is 11.6. The molecule has 1 N–H and O–H groups in total. The van der Waals surface area contributed by atoms with E-state index in [9.17, 15) is 9.59 Å². The lowest BCUT2D eigenvalue weighted by atomic mass is 10.3. The molecule has 0 heterocycles. The third-order valence-corrected chi connectivity index (χ3v) is 2.12. The van der Waals surface area contributed by atoms with Crippen molar-refractivity contribution in [1.82, 2.24) is 5.32 Å². The van der Waals surface area contributed by atoms with Gasteiger partial charge in [0.05, 0.1) is 19.8 Å². The maximum Gasteiger partial charge on any atom is 0.306 e. The van der Waals surface area contributed by atoms with Crippen LogP contribution < -0.4 is 5.32 Å². The Balaban J connectivity index is 3.81. The standard InChI is InChI=1S/C13H23NO5/c1-4-8-18-10-12(9-17-3)19-13(16)6-5-7-14-11(2)15/h4,12H,1,5-10H2,2-3H3,(H,14,15). The molecule has 19 heavy (non-hydrogen) atoms. The van der Waals surface area contributed by atoms with Crippen molar-refractivity contribution in [2.45, 2.75) is 25.9 Å². The molecule has 0 aromatic rings. The minimum absolute atomic E-state index is 0.108. The molecule has 0 fully saturated rings. The van der Waals surface area contributed by atoms with E-state index >= 15 is 0 Å². The highest BCUT2D eigenvalue weighted by Crippen LogP contribution is 2.00. The molecule has 0 saturated heterocycles. The minimum Gasteiger partial charge on any atom is -0.457 e. The molecule has 0 aromatic carbocycles. The Morgan fingerprint density at radius 3 is 2.68 bits per heavy atom. The summed E-state index contributed by atoms with van der Waals surface area (Å²) in [4.78, 5) is 22.2. The summed E-state index contributed by atoms with van der Waals surface area (Å²) in [6.45, 7) is 6.39. The van der Waals surface area contributed by atoms with E-state index in [0.717, 1.165) is 0 Å². The third kappa shape index (κ3) is 11.4. The highest BCUT2D eigenvalue weighted by Gasteiger charge is 2.14. The van der Waals surface area contributed by atoms with E-state index in [0.29, 0.717) is 19.6 Å². The van der Waals surface area contributed by atoms with Crippen molar-refractivity contribution in [3.05, 3.63) is 12.7 Å². The molecule has 110 valence electrons. The molecular weight excluding hydrogens is 250 g/mol. The molecule has 0 spiro atoms. The monoisotopic (exact) mass is 273 g/mol. The van der Waals surface area contributed by atoms with Gasteiger partial charge in [-0.25, -0.2) is 0 Å². The van der Waals surface area contributed by atoms with Gasteiger partial charge in [-0.1, -0.05) is 6.08 Å². The summed E-state index contributed by atoms with van der Waals surface area (Å²) in [7, 11) is 1.53. The zero-order valence-corrected chi connectivity index (χ0v) is 11.6. The first-order chi connectivity index (χ1) is 9.10. The fraction of sp³-hybridized carbons (Fsp3) is 0.692. The van der Waals surface area contributed by atoms with Crippen LogP contribution in [-0.2, 0) is 23.8 Å². The van der Waals surface area contributed by atoms with E-state index in [1.807, 2.05) is 0 Å². The second-order valence-corrected chi connectivity index (χ2v) is 3.98. The maximum absolute atomic E-state index is 11.5. The maximum atomic E-state index is 11.5. The van der Waals surface area contributed by atoms with E-state index in [-0.39, 0.29) is 31.5 Å². The van der Waals surface area contributed by atoms with Gasteiger partial charge >= 0.3 is 5.97 Å². The summed E-state index contributed by atoms with van der Waals surface area (Å²) in [5.74, 6) is -0.432. The lowest BCUT2D eigenvalue weighted by Crippen LogP contribution is -2.28. The largest absolute Gasteiger partial charge is 0.457 e. The van der Waals surface area contributed by atoms with Crippen LogP contribution in [0.1, 0.15) is 19.8 Å². The smallest absolute Gasteiger partial charge is 0.306 e. The van der Waals surface area contributed by atoms with Crippen LogP contribution in [0.3, 0.4) is 0 Å². The summed E-state index contributed by atoms with van der Waals surface area (Å²) in [6, 6.07) is 0. The van der Waals surface area contributed by atoms with Gasteiger partial charge in [-0.2, -0.15) is 0 Å². The van der Waals surface area contributed by atoms with Crippen LogP contribution in [0.4, 0.5) is 0 Å². The summed E-state index contributed by atoms with van der Waals surface area (Å²) < 4.78 is 15.4. The molecule has 0 radical (unpaired) electrons. The van der Waals surface area contributed by atoms with Crippen molar-refractivity contribution in [2.24, 2.45) is 0 Å².